The van der Waals surface area contributed by atoms with Crippen molar-refractivity contribution in [2.75, 3.05) is 6.54 Å². The van der Waals surface area contributed by atoms with E-state index in [1.807, 2.05) is 53.9 Å². The maximum atomic E-state index is 13.1. The van der Waals surface area contributed by atoms with Crippen molar-refractivity contribution in [1.82, 2.24) is 19.7 Å². The number of aryl methyl sites for hydroxylation is 1. The van der Waals surface area contributed by atoms with Gasteiger partial charge in [0.25, 0.3) is 5.91 Å². The zero-order valence-corrected chi connectivity index (χ0v) is 16.8. The predicted molar refractivity (Wildman–Crippen MR) is 111 cm³/mol. The second-order valence-corrected chi connectivity index (χ2v) is 7.70. The van der Waals surface area contributed by atoms with Gasteiger partial charge in [-0.1, -0.05) is 23.7 Å². The Morgan fingerprint density at radius 2 is 2.10 bits per heavy atom. The standard InChI is InChI=1S/C22H19ClN4O2/c1-13-20-16(21(26(2)25-20)14-5-3-6-15(23)11-14)8-10-27(13)22(28)19-12-17-18(29-19)7-4-9-24-17/h3-7,9,11-13H,8,10H2,1-2H3. The highest BCUT2D eigenvalue weighted by molar-refractivity contribution is 6.30. The lowest BCUT2D eigenvalue weighted by Gasteiger charge is -2.32. The first-order chi connectivity index (χ1) is 14.0. The Morgan fingerprint density at radius 3 is 2.90 bits per heavy atom. The van der Waals surface area contributed by atoms with Crippen LogP contribution in [-0.4, -0.2) is 32.1 Å². The van der Waals surface area contributed by atoms with E-state index in [9.17, 15) is 4.79 Å². The number of fused-ring (bicyclic) bond motifs is 2. The first-order valence-electron chi connectivity index (χ1n) is 9.50. The Bertz CT molecular complexity index is 1210. The van der Waals surface area contributed by atoms with Gasteiger partial charge in [-0.15, -0.1) is 0 Å². The SMILES string of the molecule is CC1c2nn(C)c(-c3cccc(Cl)c3)c2CCN1C(=O)c1cc2ncccc2o1. The fourth-order valence-corrected chi connectivity index (χ4v) is 4.33. The topological polar surface area (TPSA) is 64.2 Å². The highest BCUT2D eigenvalue weighted by Gasteiger charge is 2.34. The summed E-state index contributed by atoms with van der Waals surface area (Å²) in [5.74, 6) is 0.163. The van der Waals surface area contributed by atoms with Crippen LogP contribution in [0.25, 0.3) is 22.4 Å². The van der Waals surface area contributed by atoms with Crippen molar-refractivity contribution in [3.05, 3.63) is 70.7 Å². The van der Waals surface area contributed by atoms with Crippen LogP contribution in [0.3, 0.4) is 0 Å². The molecular weight excluding hydrogens is 388 g/mol. The molecule has 1 atom stereocenters. The Labute approximate surface area is 172 Å². The van der Waals surface area contributed by atoms with E-state index in [2.05, 4.69) is 4.98 Å². The fourth-order valence-electron chi connectivity index (χ4n) is 4.14. The number of benzene rings is 1. The number of carbonyl (C=O) groups is 1. The minimum absolute atomic E-state index is 0.142. The zero-order chi connectivity index (χ0) is 20.1. The monoisotopic (exact) mass is 406 g/mol. The van der Waals surface area contributed by atoms with Gasteiger partial charge < -0.3 is 9.32 Å². The lowest BCUT2D eigenvalue weighted by Crippen LogP contribution is -2.38. The van der Waals surface area contributed by atoms with Crippen molar-refractivity contribution >= 4 is 28.6 Å². The van der Waals surface area contributed by atoms with Gasteiger partial charge in [-0.2, -0.15) is 5.10 Å². The Morgan fingerprint density at radius 1 is 1.24 bits per heavy atom. The van der Waals surface area contributed by atoms with Gasteiger partial charge in [-0.25, -0.2) is 0 Å². The molecule has 0 saturated carbocycles. The van der Waals surface area contributed by atoms with Gasteiger partial charge in [0.2, 0.25) is 0 Å². The molecule has 0 spiro atoms. The summed E-state index contributed by atoms with van der Waals surface area (Å²) in [6.45, 7) is 2.60. The average molecular weight is 407 g/mol. The van der Waals surface area contributed by atoms with E-state index in [4.69, 9.17) is 21.1 Å². The summed E-state index contributed by atoms with van der Waals surface area (Å²) < 4.78 is 7.62. The summed E-state index contributed by atoms with van der Waals surface area (Å²) >= 11 is 6.19. The third kappa shape index (κ3) is 2.91. The average Bonchev–Trinajstić information content (AvgIpc) is 3.29. The molecule has 5 rings (SSSR count). The largest absolute Gasteiger partial charge is 0.449 e. The molecule has 0 N–H and O–H groups in total. The maximum Gasteiger partial charge on any atom is 0.290 e. The molecule has 4 aromatic rings. The van der Waals surface area contributed by atoms with Crippen LogP contribution in [0.5, 0.6) is 0 Å². The van der Waals surface area contributed by atoms with E-state index in [0.29, 0.717) is 28.4 Å². The first kappa shape index (κ1) is 17.9. The van der Waals surface area contributed by atoms with Crippen LogP contribution in [0.15, 0.2) is 53.1 Å². The molecule has 1 amide bonds. The van der Waals surface area contributed by atoms with Crippen molar-refractivity contribution in [2.24, 2.45) is 7.05 Å². The van der Waals surface area contributed by atoms with E-state index in [0.717, 1.165) is 28.9 Å². The van der Waals surface area contributed by atoms with Gasteiger partial charge in [0.15, 0.2) is 11.3 Å². The molecule has 4 heterocycles. The van der Waals surface area contributed by atoms with Crippen LogP contribution in [0.2, 0.25) is 5.02 Å². The fraction of sp³-hybridized carbons (Fsp3) is 0.227. The third-order valence-electron chi connectivity index (χ3n) is 5.50. The van der Waals surface area contributed by atoms with Gasteiger partial charge in [-0.3, -0.25) is 14.5 Å². The van der Waals surface area contributed by atoms with Crippen molar-refractivity contribution in [3.63, 3.8) is 0 Å². The van der Waals surface area contributed by atoms with E-state index >= 15 is 0 Å². The van der Waals surface area contributed by atoms with Gasteiger partial charge >= 0.3 is 0 Å². The normalized spacial score (nSPS) is 16.2. The quantitative estimate of drug-likeness (QED) is 0.486. The molecule has 29 heavy (non-hydrogen) atoms. The molecule has 146 valence electrons. The van der Waals surface area contributed by atoms with Gasteiger partial charge in [0, 0.05) is 42.0 Å². The summed E-state index contributed by atoms with van der Waals surface area (Å²) in [7, 11) is 1.93. The first-order valence-corrected chi connectivity index (χ1v) is 9.88. The van der Waals surface area contributed by atoms with E-state index < -0.39 is 0 Å². The number of amides is 1. The molecule has 0 radical (unpaired) electrons. The molecule has 3 aromatic heterocycles. The third-order valence-corrected chi connectivity index (χ3v) is 5.73. The van der Waals surface area contributed by atoms with Gasteiger partial charge in [0.05, 0.1) is 17.4 Å². The Hall–Kier alpha value is -3.12. The number of carbonyl (C=O) groups excluding carboxylic acids is 1. The highest BCUT2D eigenvalue weighted by Crippen LogP contribution is 2.36. The molecule has 1 aliphatic heterocycles. The second kappa shape index (κ2) is 6.74. The molecular formula is C22H19ClN4O2. The highest BCUT2D eigenvalue weighted by atomic mass is 35.5. The van der Waals surface area contributed by atoms with Crippen LogP contribution < -0.4 is 0 Å². The second-order valence-electron chi connectivity index (χ2n) is 7.27. The van der Waals surface area contributed by atoms with Crippen molar-refractivity contribution in [3.8, 4) is 11.3 Å². The summed E-state index contributed by atoms with van der Waals surface area (Å²) in [5, 5.41) is 5.44. The minimum Gasteiger partial charge on any atom is -0.449 e. The summed E-state index contributed by atoms with van der Waals surface area (Å²) in [5.41, 5.74) is 5.46. The smallest absolute Gasteiger partial charge is 0.290 e. The van der Waals surface area contributed by atoms with Crippen LogP contribution in [0.4, 0.5) is 0 Å². The van der Waals surface area contributed by atoms with Crippen molar-refractivity contribution in [2.45, 2.75) is 19.4 Å². The summed E-state index contributed by atoms with van der Waals surface area (Å²) in [6.07, 6.45) is 2.41. The lowest BCUT2D eigenvalue weighted by molar-refractivity contribution is 0.0643. The van der Waals surface area contributed by atoms with E-state index in [-0.39, 0.29) is 11.9 Å². The summed E-state index contributed by atoms with van der Waals surface area (Å²) in [4.78, 5) is 19.2. The molecule has 0 bridgehead atoms. The van der Waals surface area contributed by atoms with E-state index in [1.165, 1.54) is 0 Å². The van der Waals surface area contributed by atoms with Gasteiger partial charge in [0.1, 0.15) is 5.52 Å². The number of hydrogen-bond acceptors (Lipinski definition) is 4. The molecule has 0 saturated heterocycles. The van der Waals surface area contributed by atoms with Crippen LogP contribution >= 0.6 is 11.6 Å². The van der Waals surface area contributed by atoms with Crippen molar-refractivity contribution in [1.29, 1.82) is 0 Å². The number of furan rings is 1. The van der Waals surface area contributed by atoms with Crippen LogP contribution in [0, 0.1) is 0 Å². The van der Waals surface area contributed by atoms with Crippen molar-refractivity contribution < 1.29 is 9.21 Å². The Kier molecular flexibility index (Phi) is 4.17. The number of aromatic nitrogens is 3. The number of halogens is 1. The number of rotatable bonds is 2. The van der Waals surface area contributed by atoms with Crippen LogP contribution in [-0.2, 0) is 13.5 Å². The number of pyridine rings is 1. The Balaban J connectivity index is 1.50. The molecule has 7 heteroatoms. The summed E-state index contributed by atoms with van der Waals surface area (Å²) in [6, 6.07) is 12.9. The van der Waals surface area contributed by atoms with Gasteiger partial charge in [-0.05, 0) is 37.6 Å². The minimum atomic E-state index is -0.161. The maximum absolute atomic E-state index is 13.1. The number of hydrogen-bond donors (Lipinski definition) is 0. The molecule has 0 fully saturated rings. The lowest BCUT2D eigenvalue weighted by atomic mass is 9.95. The van der Waals surface area contributed by atoms with E-state index in [1.54, 1.807) is 18.3 Å². The van der Waals surface area contributed by atoms with Crippen LogP contribution in [0.1, 0.15) is 34.8 Å². The molecule has 1 unspecified atom stereocenters. The zero-order valence-electron chi connectivity index (χ0n) is 16.1. The number of nitrogens with zero attached hydrogens (tertiary/aromatic N) is 4. The molecule has 1 aliphatic rings. The predicted octanol–water partition coefficient (Wildman–Crippen LogP) is 4.64. The molecule has 6 nitrogen and oxygen atoms in total. The molecule has 0 aliphatic carbocycles. The molecule has 1 aromatic carbocycles.